The van der Waals surface area contributed by atoms with Crippen molar-refractivity contribution >= 4 is 28.9 Å². The number of aryl methyl sites for hydroxylation is 1. The lowest BCUT2D eigenvalue weighted by molar-refractivity contribution is -0.117. The Balaban J connectivity index is 1.72. The Labute approximate surface area is 147 Å². The first-order valence-electron chi connectivity index (χ1n) is 8.91. The number of nitrogens with one attached hydrogen (secondary N) is 2. The van der Waals surface area contributed by atoms with E-state index in [-0.39, 0.29) is 11.9 Å². The van der Waals surface area contributed by atoms with Crippen LogP contribution >= 0.6 is 0 Å². The normalized spacial score (nSPS) is 19.1. The van der Waals surface area contributed by atoms with Gasteiger partial charge in [-0.25, -0.2) is 9.97 Å². The second kappa shape index (κ2) is 6.35. The van der Waals surface area contributed by atoms with Crippen molar-refractivity contribution in [3.63, 3.8) is 0 Å². The number of aromatic nitrogens is 2. The number of benzene rings is 1. The van der Waals surface area contributed by atoms with Gasteiger partial charge >= 0.3 is 0 Å². The van der Waals surface area contributed by atoms with Crippen LogP contribution in [-0.2, 0) is 11.2 Å². The van der Waals surface area contributed by atoms with Crippen LogP contribution in [0.2, 0.25) is 0 Å². The molecule has 1 unspecified atom stereocenters. The van der Waals surface area contributed by atoms with Gasteiger partial charge in [0.05, 0.1) is 0 Å². The van der Waals surface area contributed by atoms with E-state index in [1.54, 1.807) is 6.33 Å². The molecule has 0 fully saturated rings. The number of rotatable bonds is 3. The Hall–Kier alpha value is -2.63. The molecule has 1 amide bonds. The molecule has 1 atom stereocenters. The number of carbonyl (C=O) groups is 1. The van der Waals surface area contributed by atoms with Gasteiger partial charge in [-0.15, -0.1) is 0 Å². The summed E-state index contributed by atoms with van der Waals surface area (Å²) in [6.45, 7) is 5.10. The Morgan fingerprint density at radius 3 is 2.96 bits per heavy atom. The SMILES string of the molecule is CC(C)CC1Nc2ncnc(N3CCCc4ccccc43)c2NC1=O. The summed E-state index contributed by atoms with van der Waals surface area (Å²) >= 11 is 0. The summed E-state index contributed by atoms with van der Waals surface area (Å²) in [5, 5.41) is 6.34. The Morgan fingerprint density at radius 1 is 1.28 bits per heavy atom. The standard InChI is InChI=1S/C19H23N5O/c1-12(2)10-14-19(25)23-16-17(22-14)20-11-21-18(16)24-9-5-7-13-6-3-4-8-15(13)24/h3-4,6,8,11-12,14H,5,7,9-10H2,1-2H3,(H,23,25)(H,20,21,22). The average molecular weight is 337 g/mol. The van der Waals surface area contributed by atoms with Crippen LogP contribution in [0, 0.1) is 5.92 Å². The first-order valence-corrected chi connectivity index (χ1v) is 8.91. The van der Waals surface area contributed by atoms with Crippen LogP contribution in [0.15, 0.2) is 30.6 Å². The molecule has 0 spiro atoms. The van der Waals surface area contributed by atoms with E-state index < -0.39 is 0 Å². The molecule has 2 aromatic rings. The molecule has 0 radical (unpaired) electrons. The summed E-state index contributed by atoms with van der Waals surface area (Å²) in [5.41, 5.74) is 3.16. The Kier molecular flexibility index (Phi) is 4.03. The maximum absolute atomic E-state index is 12.5. The number of hydrogen-bond acceptors (Lipinski definition) is 5. The van der Waals surface area contributed by atoms with Gasteiger partial charge in [-0.1, -0.05) is 32.0 Å². The van der Waals surface area contributed by atoms with E-state index in [1.165, 1.54) is 5.56 Å². The molecule has 1 aromatic heterocycles. The smallest absolute Gasteiger partial charge is 0.247 e. The highest BCUT2D eigenvalue weighted by atomic mass is 16.2. The van der Waals surface area contributed by atoms with Crippen molar-refractivity contribution in [2.24, 2.45) is 5.92 Å². The van der Waals surface area contributed by atoms with Crippen LogP contribution in [0.1, 0.15) is 32.3 Å². The molecule has 25 heavy (non-hydrogen) atoms. The maximum atomic E-state index is 12.5. The first-order chi connectivity index (χ1) is 12.1. The molecule has 2 N–H and O–H groups in total. The number of para-hydroxylation sites is 1. The number of amides is 1. The highest BCUT2D eigenvalue weighted by Crippen LogP contribution is 2.40. The lowest BCUT2D eigenvalue weighted by atomic mass is 10.0. The molecule has 0 aliphatic carbocycles. The molecule has 0 saturated carbocycles. The van der Waals surface area contributed by atoms with E-state index in [4.69, 9.17) is 0 Å². The van der Waals surface area contributed by atoms with Gasteiger partial charge in [0.2, 0.25) is 5.91 Å². The largest absolute Gasteiger partial charge is 0.356 e. The van der Waals surface area contributed by atoms with Gasteiger partial charge in [0.1, 0.15) is 18.1 Å². The topological polar surface area (TPSA) is 70.2 Å². The summed E-state index contributed by atoms with van der Waals surface area (Å²) in [6, 6.07) is 8.13. The van der Waals surface area contributed by atoms with E-state index in [2.05, 4.69) is 57.5 Å². The molecule has 4 rings (SSSR count). The first kappa shape index (κ1) is 15.9. The molecule has 6 heteroatoms. The van der Waals surface area contributed by atoms with Crippen LogP contribution in [-0.4, -0.2) is 28.5 Å². The van der Waals surface area contributed by atoms with Crippen molar-refractivity contribution in [1.82, 2.24) is 9.97 Å². The monoisotopic (exact) mass is 337 g/mol. The van der Waals surface area contributed by atoms with Gasteiger partial charge in [0, 0.05) is 12.2 Å². The summed E-state index contributed by atoms with van der Waals surface area (Å²) in [5.74, 6) is 1.89. The number of fused-ring (bicyclic) bond motifs is 2. The average Bonchev–Trinajstić information content (AvgIpc) is 2.61. The molecule has 0 saturated heterocycles. The molecular formula is C19H23N5O. The van der Waals surface area contributed by atoms with Gasteiger partial charge in [-0.05, 0) is 36.8 Å². The van der Waals surface area contributed by atoms with Crippen LogP contribution < -0.4 is 15.5 Å². The van der Waals surface area contributed by atoms with E-state index in [0.717, 1.165) is 37.3 Å². The number of nitrogens with zero attached hydrogens (tertiary/aromatic N) is 3. The van der Waals surface area contributed by atoms with Crippen LogP contribution in [0.3, 0.4) is 0 Å². The predicted octanol–water partition coefficient (Wildman–Crippen LogP) is 3.34. The second-order valence-corrected chi connectivity index (χ2v) is 7.12. The van der Waals surface area contributed by atoms with Crippen LogP contribution in [0.25, 0.3) is 0 Å². The summed E-state index contributed by atoms with van der Waals surface area (Å²) in [6.07, 6.45) is 4.48. The number of carbonyl (C=O) groups excluding carboxylic acids is 1. The third-order valence-electron chi connectivity index (χ3n) is 4.78. The minimum absolute atomic E-state index is 0.0115. The molecular weight excluding hydrogens is 314 g/mol. The van der Waals surface area contributed by atoms with E-state index in [0.29, 0.717) is 17.4 Å². The third-order valence-corrected chi connectivity index (χ3v) is 4.78. The summed E-state index contributed by atoms with van der Waals surface area (Å²) < 4.78 is 0. The quantitative estimate of drug-likeness (QED) is 0.899. The van der Waals surface area contributed by atoms with Gasteiger partial charge in [0.15, 0.2) is 11.6 Å². The highest BCUT2D eigenvalue weighted by molar-refractivity contribution is 6.05. The van der Waals surface area contributed by atoms with E-state index in [1.807, 2.05) is 6.07 Å². The van der Waals surface area contributed by atoms with Crippen molar-refractivity contribution in [2.45, 2.75) is 39.2 Å². The zero-order chi connectivity index (χ0) is 17.4. The van der Waals surface area contributed by atoms with Gasteiger partial charge in [-0.2, -0.15) is 0 Å². The van der Waals surface area contributed by atoms with Gasteiger partial charge in [-0.3, -0.25) is 4.79 Å². The van der Waals surface area contributed by atoms with Crippen molar-refractivity contribution < 1.29 is 4.79 Å². The minimum Gasteiger partial charge on any atom is -0.356 e. The fraction of sp³-hybridized carbons (Fsp3) is 0.421. The zero-order valence-electron chi connectivity index (χ0n) is 14.6. The highest BCUT2D eigenvalue weighted by Gasteiger charge is 2.31. The van der Waals surface area contributed by atoms with Crippen molar-refractivity contribution in [1.29, 1.82) is 0 Å². The van der Waals surface area contributed by atoms with Crippen molar-refractivity contribution in [3.05, 3.63) is 36.2 Å². The maximum Gasteiger partial charge on any atom is 0.247 e. The number of anilines is 4. The van der Waals surface area contributed by atoms with Gasteiger partial charge in [0.25, 0.3) is 0 Å². The predicted molar refractivity (Wildman–Crippen MR) is 99.3 cm³/mol. The molecule has 3 heterocycles. The van der Waals surface area contributed by atoms with E-state index in [9.17, 15) is 4.79 Å². The molecule has 6 nitrogen and oxygen atoms in total. The lowest BCUT2D eigenvalue weighted by Gasteiger charge is -2.34. The van der Waals surface area contributed by atoms with Crippen LogP contribution in [0.5, 0.6) is 0 Å². The fourth-order valence-corrected chi connectivity index (χ4v) is 3.64. The van der Waals surface area contributed by atoms with Crippen molar-refractivity contribution in [3.8, 4) is 0 Å². The van der Waals surface area contributed by atoms with Gasteiger partial charge < -0.3 is 15.5 Å². The molecule has 2 aliphatic rings. The molecule has 1 aromatic carbocycles. The Morgan fingerprint density at radius 2 is 2.12 bits per heavy atom. The third kappa shape index (κ3) is 2.92. The number of hydrogen-bond donors (Lipinski definition) is 2. The molecule has 130 valence electrons. The van der Waals surface area contributed by atoms with Crippen molar-refractivity contribution in [2.75, 3.05) is 22.1 Å². The fourth-order valence-electron chi connectivity index (χ4n) is 3.64. The molecule has 2 aliphatic heterocycles. The van der Waals surface area contributed by atoms with Crippen LogP contribution in [0.4, 0.5) is 23.0 Å². The minimum atomic E-state index is -0.246. The zero-order valence-corrected chi connectivity index (χ0v) is 14.6. The Bertz CT molecular complexity index is 804. The molecule has 0 bridgehead atoms. The lowest BCUT2D eigenvalue weighted by Crippen LogP contribution is -2.41. The van der Waals surface area contributed by atoms with E-state index >= 15 is 0 Å². The summed E-state index contributed by atoms with van der Waals surface area (Å²) in [7, 11) is 0. The summed E-state index contributed by atoms with van der Waals surface area (Å²) in [4.78, 5) is 23.6. The second-order valence-electron chi connectivity index (χ2n) is 7.12.